The second kappa shape index (κ2) is 4.05. The Morgan fingerprint density at radius 2 is 2.50 bits per heavy atom. The van der Waals surface area contributed by atoms with Gasteiger partial charge in [0.25, 0.3) is 11.5 Å². The van der Waals surface area contributed by atoms with Crippen LogP contribution < -0.4 is 10.9 Å². The molecule has 0 saturated carbocycles. The predicted molar refractivity (Wildman–Crippen MR) is 56.2 cm³/mol. The highest BCUT2D eigenvalue weighted by Gasteiger charge is 2.31. The molecule has 1 fully saturated rings. The van der Waals surface area contributed by atoms with Crippen LogP contribution in [0, 0.1) is 0 Å². The fourth-order valence-corrected chi connectivity index (χ4v) is 1.61. The Labute approximate surface area is 92.0 Å². The van der Waals surface area contributed by atoms with E-state index in [4.69, 9.17) is 4.74 Å². The molecule has 0 aromatic carbocycles. The molecule has 2 N–H and O–H groups in total. The van der Waals surface area contributed by atoms with E-state index in [1.165, 1.54) is 12.3 Å². The van der Waals surface area contributed by atoms with Crippen molar-refractivity contribution in [3.05, 3.63) is 28.2 Å². The number of hydrogen-bond donors (Lipinski definition) is 2. The molecular formula is C10H13N3O3. The molecule has 6 heteroatoms. The first kappa shape index (κ1) is 10.8. The van der Waals surface area contributed by atoms with Crippen LogP contribution in [0.4, 0.5) is 0 Å². The fourth-order valence-electron chi connectivity index (χ4n) is 1.61. The van der Waals surface area contributed by atoms with Gasteiger partial charge in [-0.3, -0.25) is 9.59 Å². The fraction of sp³-hybridized carbons (Fsp3) is 0.500. The molecule has 1 saturated heterocycles. The summed E-state index contributed by atoms with van der Waals surface area (Å²) in [6, 6.07) is 1.22. The quantitative estimate of drug-likeness (QED) is 0.719. The Kier molecular flexibility index (Phi) is 2.74. The number of carbonyl (C=O) groups is 1. The number of ether oxygens (including phenoxy) is 1. The van der Waals surface area contributed by atoms with Gasteiger partial charge in [-0.2, -0.15) is 5.10 Å². The minimum absolute atomic E-state index is 0.261. The van der Waals surface area contributed by atoms with Crippen LogP contribution in [0.15, 0.2) is 17.1 Å². The summed E-state index contributed by atoms with van der Waals surface area (Å²) in [5, 5.41) is 8.63. The van der Waals surface area contributed by atoms with Gasteiger partial charge >= 0.3 is 0 Å². The third-order valence-corrected chi connectivity index (χ3v) is 2.56. The molecule has 86 valence electrons. The summed E-state index contributed by atoms with van der Waals surface area (Å²) < 4.78 is 5.22. The van der Waals surface area contributed by atoms with Crippen molar-refractivity contribution in [3.63, 3.8) is 0 Å². The minimum Gasteiger partial charge on any atom is -0.379 e. The molecule has 1 aromatic rings. The van der Waals surface area contributed by atoms with Crippen LogP contribution in [0.2, 0.25) is 0 Å². The van der Waals surface area contributed by atoms with E-state index in [0.29, 0.717) is 13.2 Å². The van der Waals surface area contributed by atoms with Crippen LogP contribution >= 0.6 is 0 Å². The van der Waals surface area contributed by atoms with Gasteiger partial charge in [0.05, 0.1) is 23.9 Å². The Morgan fingerprint density at radius 1 is 1.69 bits per heavy atom. The number of rotatable bonds is 2. The van der Waals surface area contributed by atoms with E-state index in [0.717, 1.165) is 6.42 Å². The lowest BCUT2D eigenvalue weighted by Crippen LogP contribution is -2.46. The monoisotopic (exact) mass is 223 g/mol. The van der Waals surface area contributed by atoms with E-state index in [-0.39, 0.29) is 22.6 Å². The molecule has 0 aliphatic carbocycles. The van der Waals surface area contributed by atoms with Crippen LogP contribution in [0.25, 0.3) is 0 Å². The van der Waals surface area contributed by atoms with Crippen LogP contribution in [-0.2, 0) is 4.74 Å². The zero-order chi connectivity index (χ0) is 11.6. The Balaban J connectivity index is 2.11. The van der Waals surface area contributed by atoms with Crippen molar-refractivity contribution in [1.82, 2.24) is 15.5 Å². The van der Waals surface area contributed by atoms with E-state index in [1.807, 2.05) is 6.92 Å². The largest absolute Gasteiger partial charge is 0.379 e. The molecule has 6 nitrogen and oxygen atoms in total. The highest BCUT2D eigenvalue weighted by Crippen LogP contribution is 2.17. The normalized spacial score (nSPS) is 24.3. The topological polar surface area (TPSA) is 84.1 Å². The van der Waals surface area contributed by atoms with Crippen molar-refractivity contribution < 1.29 is 9.53 Å². The van der Waals surface area contributed by atoms with Crippen molar-refractivity contribution in [2.75, 3.05) is 13.2 Å². The van der Waals surface area contributed by atoms with Gasteiger partial charge in [-0.05, 0) is 13.3 Å². The van der Waals surface area contributed by atoms with Gasteiger partial charge in [-0.15, -0.1) is 0 Å². The number of amides is 1. The van der Waals surface area contributed by atoms with Crippen molar-refractivity contribution in [2.45, 2.75) is 18.9 Å². The molecule has 1 amide bonds. The third kappa shape index (κ3) is 2.27. The number of aromatic nitrogens is 2. The van der Waals surface area contributed by atoms with Crippen molar-refractivity contribution in [1.29, 1.82) is 0 Å². The number of aromatic amines is 1. The lowest BCUT2D eigenvalue weighted by atomic mass is 10.0. The molecule has 0 bridgehead atoms. The number of hydrogen-bond acceptors (Lipinski definition) is 4. The molecule has 0 radical (unpaired) electrons. The number of nitrogens with one attached hydrogen (secondary N) is 2. The highest BCUT2D eigenvalue weighted by molar-refractivity contribution is 5.94. The molecule has 0 spiro atoms. The van der Waals surface area contributed by atoms with E-state index in [9.17, 15) is 9.59 Å². The van der Waals surface area contributed by atoms with Crippen LogP contribution in [0.1, 0.15) is 23.7 Å². The van der Waals surface area contributed by atoms with Gasteiger partial charge in [-0.25, -0.2) is 5.10 Å². The highest BCUT2D eigenvalue weighted by atomic mass is 16.5. The summed E-state index contributed by atoms with van der Waals surface area (Å²) in [5.74, 6) is -0.299. The van der Waals surface area contributed by atoms with Crippen LogP contribution in [0.3, 0.4) is 0 Å². The molecular weight excluding hydrogens is 210 g/mol. The Morgan fingerprint density at radius 3 is 3.12 bits per heavy atom. The van der Waals surface area contributed by atoms with Gasteiger partial charge < -0.3 is 10.1 Å². The van der Waals surface area contributed by atoms with Gasteiger partial charge in [0, 0.05) is 12.7 Å². The molecule has 1 aliphatic rings. The molecule has 2 heterocycles. The van der Waals surface area contributed by atoms with E-state index >= 15 is 0 Å². The van der Waals surface area contributed by atoms with Crippen molar-refractivity contribution >= 4 is 5.91 Å². The van der Waals surface area contributed by atoms with E-state index in [2.05, 4.69) is 15.5 Å². The number of carbonyl (C=O) groups excluding carboxylic acids is 1. The second-order valence-corrected chi connectivity index (χ2v) is 4.15. The average Bonchev–Trinajstić information content (AvgIpc) is 2.65. The molecule has 1 unspecified atom stereocenters. The summed E-state index contributed by atoms with van der Waals surface area (Å²) in [6.07, 6.45) is 2.10. The van der Waals surface area contributed by atoms with Crippen molar-refractivity contribution in [2.24, 2.45) is 0 Å². The van der Waals surface area contributed by atoms with Crippen molar-refractivity contribution in [3.8, 4) is 0 Å². The molecule has 1 atom stereocenters. The lowest BCUT2D eigenvalue weighted by molar-refractivity contribution is 0.0889. The predicted octanol–water partition coefficient (Wildman–Crippen LogP) is -0.321. The minimum atomic E-state index is -0.388. The molecule has 2 rings (SSSR count). The van der Waals surface area contributed by atoms with E-state index < -0.39 is 0 Å². The van der Waals surface area contributed by atoms with Crippen LogP contribution in [0.5, 0.6) is 0 Å². The zero-order valence-electron chi connectivity index (χ0n) is 8.95. The standard InChI is InChI=1S/C10H13N3O3/c1-10(2-3-16-6-10)12-9(15)7-4-8(14)13-11-5-7/h4-5H,2-3,6H2,1H3,(H,12,15)(H,13,14). The number of nitrogens with zero attached hydrogens (tertiary/aromatic N) is 1. The maximum atomic E-state index is 11.8. The maximum Gasteiger partial charge on any atom is 0.264 e. The summed E-state index contributed by atoms with van der Waals surface area (Å²) in [5.41, 5.74) is -0.475. The lowest BCUT2D eigenvalue weighted by Gasteiger charge is -2.23. The van der Waals surface area contributed by atoms with Gasteiger partial charge in [0.15, 0.2) is 0 Å². The van der Waals surface area contributed by atoms with Crippen LogP contribution in [-0.4, -0.2) is 34.9 Å². The average molecular weight is 223 g/mol. The Bertz CT molecular complexity index is 449. The SMILES string of the molecule is CC1(NC(=O)c2cn[nH]c(=O)c2)CCOC1. The Hall–Kier alpha value is -1.69. The van der Waals surface area contributed by atoms with Gasteiger partial charge in [-0.1, -0.05) is 0 Å². The first-order valence-electron chi connectivity index (χ1n) is 5.04. The molecule has 16 heavy (non-hydrogen) atoms. The molecule has 1 aliphatic heterocycles. The smallest absolute Gasteiger partial charge is 0.264 e. The first-order chi connectivity index (χ1) is 7.59. The van der Waals surface area contributed by atoms with E-state index in [1.54, 1.807) is 0 Å². The third-order valence-electron chi connectivity index (χ3n) is 2.56. The zero-order valence-corrected chi connectivity index (χ0v) is 8.95. The summed E-state index contributed by atoms with van der Waals surface area (Å²) in [4.78, 5) is 22.8. The van der Waals surface area contributed by atoms with Gasteiger partial charge in [0.2, 0.25) is 0 Å². The summed E-state index contributed by atoms with van der Waals surface area (Å²) in [6.45, 7) is 3.05. The number of H-pyrrole nitrogens is 1. The summed E-state index contributed by atoms with van der Waals surface area (Å²) >= 11 is 0. The summed E-state index contributed by atoms with van der Waals surface area (Å²) in [7, 11) is 0. The first-order valence-corrected chi connectivity index (χ1v) is 5.04. The molecule has 1 aromatic heterocycles. The second-order valence-electron chi connectivity index (χ2n) is 4.15. The maximum absolute atomic E-state index is 11.8. The van der Waals surface area contributed by atoms with Gasteiger partial charge in [0.1, 0.15) is 0 Å².